The van der Waals surface area contributed by atoms with Gasteiger partial charge in [0.1, 0.15) is 5.69 Å². The summed E-state index contributed by atoms with van der Waals surface area (Å²) in [5, 5.41) is 0. The van der Waals surface area contributed by atoms with Crippen LogP contribution in [0.4, 0.5) is 11.6 Å². The van der Waals surface area contributed by atoms with Crippen molar-refractivity contribution in [2.45, 2.75) is 6.92 Å². The molecule has 0 unspecified atom stereocenters. The molecule has 1 aliphatic heterocycles. The van der Waals surface area contributed by atoms with Gasteiger partial charge in [-0.3, -0.25) is 4.79 Å². The number of para-hydroxylation sites is 1. The Bertz CT molecular complexity index is 683. The highest BCUT2D eigenvalue weighted by Crippen LogP contribution is 2.16. The van der Waals surface area contributed by atoms with Gasteiger partial charge in [0, 0.05) is 45.1 Å². The highest BCUT2D eigenvalue weighted by atomic mass is 16.2. The second-order valence-corrected chi connectivity index (χ2v) is 5.86. The summed E-state index contributed by atoms with van der Waals surface area (Å²) in [6.45, 7) is 7.02. The van der Waals surface area contributed by atoms with Gasteiger partial charge >= 0.3 is 0 Å². The normalized spacial score (nSPS) is 15.3. The zero-order valence-corrected chi connectivity index (χ0v) is 14.2. The largest absolute Gasteiger partial charge is 0.338 e. The van der Waals surface area contributed by atoms with E-state index in [-0.39, 0.29) is 5.91 Å². The van der Waals surface area contributed by atoms with E-state index in [1.165, 1.54) is 0 Å². The summed E-state index contributed by atoms with van der Waals surface area (Å²) >= 11 is 0. The molecule has 2 heterocycles. The minimum Gasteiger partial charge on any atom is -0.338 e. The van der Waals surface area contributed by atoms with E-state index in [0.717, 1.165) is 38.4 Å². The minimum absolute atomic E-state index is 0.128. The molecule has 0 atom stereocenters. The van der Waals surface area contributed by atoms with Crippen molar-refractivity contribution in [3.05, 3.63) is 48.3 Å². The first-order valence-electron chi connectivity index (χ1n) is 8.32. The van der Waals surface area contributed by atoms with Crippen LogP contribution in [-0.2, 0) is 0 Å². The van der Waals surface area contributed by atoms with Gasteiger partial charge in [-0.25, -0.2) is 9.97 Å². The van der Waals surface area contributed by atoms with E-state index < -0.39 is 0 Å². The Morgan fingerprint density at radius 3 is 2.50 bits per heavy atom. The monoisotopic (exact) mass is 325 g/mol. The number of amides is 1. The smallest absolute Gasteiger partial charge is 0.276 e. The van der Waals surface area contributed by atoms with E-state index in [9.17, 15) is 4.79 Å². The van der Waals surface area contributed by atoms with E-state index in [4.69, 9.17) is 0 Å². The van der Waals surface area contributed by atoms with Gasteiger partial charge in [0.25, 0.3) is 5.91 Å². The van der Waals surface area contributed by atoms with Crippen molar-refractivity contribution in [2.75, 3.05) is 49.6 Å². The maximum atomic E-state index is 12.7. The fourth-order valence-corrected chi connectivity index (χ4v) is 2.82. The Morgan fingerprint density at radius 1 is 1.12 bits per heavy atom. The molecule has 1 saturated heterocycles. The number of hydrogen-bond donors (Lipinski definition) is 0. The summed E-state index contributed by atoms with van der Waals surface area (Å²) in [5.41, 5.74) is 1.27. The number of nitrogens with zero attached hydrogens (tertiary/aromatic N) is 5. The van der Waals surface area contributed by atoms with E-state index in [0.29, 0.717) is 11.6 Å². The number of piperazine rings is 1. The van der Waals surface area contributed by atoms with E-state index in [2.05, 4.69) is 26.7 Å². The second kappa shape index (κ2) is 7.40. The van der Waals surface area contributed by atoms with Gasteiger partial charge in [0.15, 0.2) is 0 Å². The number of likely N-dealkylation sites (N-methyl/N-ethyl adjacent to an activating group) is 1. The lowest BCUT2D eigenvalue weighted by Gasteiger charge is -2.34. The number of carbonyl (C=O) groups is 1. The molecule has 1 amide bonds. The van der Waals surface area contributed by atoms with Gasteiger partial charge < -0.3 is 14.7 Å². The molecular weight excluding hydrogens is 302 g/mol. The molecule has 6 heteroatoms. The van der Waals surface area contributed by atoms with E-state index in [1.54, 1.807) is 24.2 Å². The SMILES string of the molecule is CCN1CCN(c2nccc(C(=O)N(C)c3ccccc3)n2)CC1. The summed E-state index contributed by atoms with van der Waals surface area (Å²) in [4.78, 5) is 27.7. The van der Waals surface area contributed by atoms with Gasteiger partial charge in [0.2, 0.25) is 5.95 Å². The quantitative estimate of drug-likeness (QED) is 0.859. The Morgan fingerprint density at radius 2 is 1.83 bits per heavy atom. The highest BCUT2D eigenvalue weighted by molar-refractivity contribution is 6.04. The van der Waals surface area contributed by atoms with Crippen LogP contribution >= 0.6 is 0 Å². The Hall–Kier alpha value is -2.47. The molecule has 1 fully saturated rings. The van der Waals surface area contributed by atoms with Crippen LogP contribution in [0.15, 0.2) is 42.6 Å². The lowest BCUT2D eigenvalue weighted by Crippen LogP contribution is -2.46. The second-order valence-electron chi connectivity index (χ2n) is 5.86. The Kier molecular flexibility index (Phi) is 5.05. The number of hydrogen-bond acceptors (Lipinski definition) is 5. The first-order chi connectivity index (χ1) is 11.7. The Balaban J connectivity index is 1.74. The molecule has 0 bridgehead atoms. The van der Waals surface area contributed by atoms with Crippen LogP contribution in [0.5, 0.6) is 0 Å². The van der Waals surface area contributed by atoms with Crippen LogP contribution < -0.4 is 9.80 Å². The summed E-state index contributed by atoms with van der Waals surface area (Å²) < 4.78 is 0. The molecule has 0 radical (unpaired) electrons. The number of aromatic nitrogens is 2. The van der Waals surface area contributed by atoms with Crippen LogP contribution in [-0.4, -0.2) is 60.5 Å². The molecule has 24 heavy (non-hydrogen) atoms. The van der Waals surface area contributed by atoms with Gasteiger partial charge in [-0.05, 0) is 24.7 Å². The van der Waals surface area contributed by atoms with Crippen molar-refractivity contribution in [2.24, 2.45) is 0 Å². The van der Waals surface area contributed by atoms with Gasteiger partial charge in [0.05, 0.1) is 0 Å². The van der Waals surface area contributed by atoms with Crippen LogP contribution in [0.1, 0.15) is 17.4 Å². The van der Waals surface area contributed by atoms with Crippen LogP contribution in [0.3, 0.4) is 0 Å². The summed E-state index contributed by atoms with van der Waals surface area (Å²) in [6.07, 6.45) is 1.67. The third kappa shape index (κ3) is 3.54. The van der Waals surface area contributed by atoms with Crippen LogP contribution in [0, 0.1) is 0 Å². The fourth-order valence-electron chi connectivity index (χ4n) is 2.82. The number of benzene rings is 1. The average molecular weight is 325 g/mol. The van der Waals surface area contributed by atoms with Gasteiger partial charge in [-0.15, -0.1) is 0 Å². The molecule has 3 rings (SSSR count). The number of anilines is 2. The fraction of sp³-hybridized carbons (Fsp3) is 0.389. The molecular formula is C18H23N5O. The number of carbonyl (C=O) groups excluding carboxylic acids is 1. The summed E-state index contributed by atoms with van der Waals surface area (Å²) in [7, 11) is 1.76. The van der Waals surface area contributed by atoms with Crippen LogP contribution in [0.2, 0.25) is 0 Å². The first-order valence-corrected chi connectivity index (χ1v) is 8.32. The van der Waals surface area contributed by atoms with Gasteiger partial charge in [-0.2, -0.15) is 0 Å². The molecule has 6 nitrogen and oxygen atoms in total. The first kappa shape index (κ1) is 16.4. The van der Waals surface area contributed by atoms with Crippen molar-refractivity contribution >= 4 is 17.5 Å². The molecule has 0 spiro atoms. The van der Waals surface area contributed by atoms with Crippen molar-refractivity contribution in [1.82, 2.24) is 14.9 Å². The molecule has 0 aliphatic carbocycles. The third-order valence-corrected chi connectivity index (χ3v) is 4.41. The van der Waals surface area contributed by atoms with E-state index in [1.807, 2.05) is 30.3 Å². The van der Waals surface area contributed by atoms with Crippen molar-refractivity contribution in [3.63, 3.8) is 0 Å². The predicted molar refractivity (Wildman–Crippen MR) is 95.5 cm³/mol. The molecule has 126 valence electrons. The molecule has 0 saturated carbocycles. The van der Waals surface area contributed by atoms with E-state index >= 15 is 0 Å². The topological polar surface area (TPSA) is 52.6 Å². The molecule has 0 N–H and O–H groups in total. The third-order valence-electron chi connectivity index (χ3n) is 4.41. The lowest BCUT2D eigenvalue weighted by atomic mass is 10.2. The maximum absolute atomic E-state index is 12.7. The molecule has 2 aromatic rings. The van der Waals surface area contributed by atoms with Gasteiger partial charge in [-0.1, -0.05) is 25.1 Å². The highest BCUT2D eigenvalue weighted by Gasteiger charge is 2.20. The van der Waals surface area contributed by atoms with Crippen molar-refractivity contribution < 1.29 is 4.79 Å². The minimum atomic E-state index is -0.128. The molecule has 1 aliphatic rings. The standard InChI is InChI=1S/C18H23N5O/c1-3-22-11-13-23(14-12-22)18-19-10-9-16(20-18)17(24)21(2)15-7-5-4-6-8-15/h4-10H,3,11-14H2,1-2H3. The van der Waals surface area contributed by atoms with Crippen molar-refractivity contribution in [1.29, 1.82) is 0 Å². The number of rotatable bonds is 4. The zero-order valence-electron chi connectivity index (χ0n) is 14.2. The molecule has 1 aromatic heterocycles. The summed E-state index contributed by atoms with van der Waals surface area (Å²) in [6, 6.07) is 11.2. The predicted octanol–water partition coefficient (Wildman–Crippen LogP) is 1.90. The summed E-state index contributed by atoms with van der Waals surface area (Å²) in [5.74, 6) is 0.509. The lowest BCUT2D eigenvalue weighted by molar-refractivity contribution is 0.0988. The zero-order chi connectivity index (χ0) is 16.9. The van der Waals surface area contributed by atoms with Crippen molar-refractivity contribution in [3.8, 4) is 0 Å². The average Bonchev–Trinajstić information content (AvgIpc) is 2.67. The molecule has 1 aromatic carbocycles. The maximum Gasteiger partial charge on any atom is 0.276 e. The Labute approximate surface area is 142 Å². The van der Waals surface area contributed by atoms with Crippen LogP contribution in [0.25, 0.3) is 0 Å².